The van der Waals surface area contributed by atoms with Crippen molar-refractivity contribution in [3.63, 3.8) is 0 Å². The Morgan fingerprint density at radius 2 is 1.89 bits per heavy atom. The van der Waals surface area contributed by atoms with Gasteiger partial charge in [0, 0.05) is 19.3 Å². The van der Waals surface area contributed by atoms with Crippen LogP contribution in [-0.4, -0.2) is 42.3 Å². The third-order valence-corrected chi connectivity index (χ3v) is 4.36. The van der Waals surface area contributed by atoms with Gasteiger partial charge in [-0.15, -0.1) is 0 Å². The van der Waals surface area contributed by atoms with Crippen LogP contribution in [0.25, 0.3) is 0 Å². The Labute approximate surface area is 110 Å². The van der Waals surface area contributed by atoms with E-state index in [9.17, 15) is 4.79 Å². The van der Waals surface area contributed by atoms with Gasteiger partial charge in [-0.05, 0) is 38.5 Å². The van der Waals surface area contributed by atoms with E-state index in [-0.39, 0.29) is 18.1 Å². The second kappa shape index (κ2) is 5.57. The second-order valence-electron chi connectivity index (χ2n) is 6.01. The molecule has 0 saturated carbocycles. The lowest BCUT2D eigenvalue weighted by Gasteiger charge is -2.38. The maximum Gasteiger partial charge on any atom is 0.240 e. The minimum absolute atomic E-state index is 0.0420. The predicted octanol–water partition coefficient (Wildman–Crippen LogP) is 1.60. The summed E-state index contributed by atoms with van der Waals surface area (Å²) in [4.78, 5) is 14.4. The lowest BCUT2D eigenvalue weighted by atomic mass is 9.91. The SMILES string of the molecule is CC1NC(C(C)C)N(C(C)C2CCOCC2)C1=O. The summed E-state index contributed by atoms with van der Waals surface area (Å²) in [7, 11) is 0. The fourth-order valence-corrected chi connectivity index (χ4v) is 3.16. The van der Waals surface area contributed by atoms with E-state index < -0.39 is 0 Å². The summed E-state index contributed by atoms with van der Waals surface area (Å²) in [5, 5.41) is 3.42. The van der Waals surface area contributed by atoms with Crippen LogP contribution in [0.1, 0.15) is 40.5 Å². The Hall–Kier alpha value is -0.610. The summed E-state index contributed by atoms with van der Waals surface area (Å²) in [5.41, 5.74) is 0. The molecule has 1 N–H and O–H groups in total. The molecule has 2 saturated heterocycles. The van der Waals surface area contributed by atoms with E-state index in [0.29, 0.717) is 17.9 Å². The first-order valence-corrected chi connectivity index (χ1v) is 7.18. The van der Waals surface area contributed by atoms with Crippen LogP contribution < -0.4 is 5.32 Å². The average Bonchev–Trinajstić information content (AvgIpc) is 2.66. The number of carbonyl (C=O) groups excluding carboxylic acids is 1. The number of nitrogens with one attached hydrogen (secondary N) is 1. The molecule has 0 aromatic carbocycles. The summed E-state index contributed by atoms with van der Waals surface area (Å²) in [6.07, 6.45) is 2.33. The number of hydrogen-bond acceptors (Lipinski definition) is 3. The molecule has 3 atom stereocenters. The van der Waals surface area contributed by atoms with Gasteiger partial charge in [0.15, 0.2) is 0 Å². The molecule has 0 radical (unpaired) electrons. The fraction of sp³-hybridized carbons (Fsp3) is 0.929. The van der Waals surface area contributed by atoms with Gasteiger partial charge in [-0.2, -0.15) is 0 Å². The first kappa shape index (κ1) is 13.8. The van der Waals surface area contributed by atoms with Crippen molar-refractivity contribution >= 4 is 5.91 Å². The van der Waals surface area contributed by atoms with Crippen LogP contribution in [0.2, 0.25) is 0 Å². The van der Waals surface area contributed by atoms with Gasteiger partial charge in [0.1, 0.15) is 0 Å². The van der Waals surface area contributed by atoms with Crippen molar-refractivity contribution < 1.29 is 9.53 Å². The number of ether oxygens (including phenoxy) is 1. The molecule has 4 nitrogen and oxygen atoms in total. The molecule has 2 aliphatic rings. The van der Waals surface area contributed by atoms with E-state index in [4.69, 9.17) is 4.74 Å². The maximum absolute atomic E-state index is 12.3. The zero-order valence-electron chi connectivity index (χ0n) is 12.0. The van der Waals surface area contributed by atoms with Crippen molar-refractivity contribution in [2.45, 2.75) is 58.8 Å². The molecule has 0 bridgehead atoms. The summed E-state index contributed by atoms with van der Waals surface area (Å²) in [6, 6.07) is 0.269. The predicted molar refractivity (Wildman–Crippen MR) is 71.1 cm³/mol. The molecule has 4 heteroatoms. The second-order valence-corrected chi connectivity index (χ2v) is 6.01. The molecule has 0 aromatic heterocycles. The Kier molecular flexibility index (Phi) is 4.28. The summed E-state index contributed by atoms with van der Waals surface area (Å²) in [6.45, 7) is 10.2. The summed E-state index contributed by atoms with van der Waals surface area (Å²) < 4.78 is 5.42. The van der Waals surface area contributed by atoms with E-state index in [1.54, 1.807) is 0 Å². The minimum Gasteiger partial charge on any atom is -0.381 e. The van der Waals surface area contributed by atoms with Gasteiger partial charge in [-0.3, -0.25) is 10.1 Å². The molecule has 0 spiro atoms. The van der Waals surface area contributed by atoms with E-state index in [0.717, 1.165) is 26.1 Å². The first-order valence-electron chi connectivity index (χ1n) is 7.18. The van der Waals surface area contributed by atoms with Crippen LogP contribution in [0, 0.1) is 11.8 Å². The van der Waals surface area contributed by atoms with E-state index in [2.05, 4.69) is 31.0 Å². The van der Waals surface area contributed by atoms with Crippen LogP contribution in [0.5, 0.6) is 0 Å². The molecule has 3 unspecified atom stereocenters. The van der Waals surface area contributed by atoms with Crippen molar-refractivity contribution in [2.75, 3.05) is 13.2 Å². The number of amides is 1. The quantitative estimate of drug-likeness (QED) is 0.832. The highest BCUT2D eigenvalue weighted by atomic mass is 16.5. The van der Waals surface area contributed by atoms with Gasteiger partial charge in [-0.1, -0.05) is 13.8 Å². The van der Waals surface area contributed by atoms with Crippen molar-refractivity contribution in [3.05, 3.63) is 0 Å². The molecular formula is C14H26N2O2. The molecule has 2 aliphatic heterocycles. The molecule has 18 heavy (non-hydrogen) atoms. The smallest absolute Gasteiger partial charge is 0.240 e. The van der Waals surface area contributed by atoms with Crippen molar-refractivity contribution in [3.8, 4) is 0 Å². The maximum atomic E-state index is 12.3. The number of nitrogens with zero attached hydrogens (tertiary/aromatic N) is 1. The van der Waals surface area contributed by atoms with Crippen molar-refractivity contribution in [2.24, 2.45) is 11.8 Å². The minimum atomic E-state index is -0.0420. The Morgan fingerprint density at radius 3 is 2.44 bits per heavy atom. The van der Waals surface area contributed by atoms with Gasteiger partial charge < -0.3 is 9.64 Å². The lowest BCUT2D eigenvalue weighted by molar-refractivity contribution is -0.134. The highest BCUT2D eigenvalue weighted by molar-refractivity contribution is 5.84. The Morgan fingerprint density at radius 1 is 1.28 bits per heavy atom. The molecule has 1 amide bonds. The van der Waals surface area contributed by atoms with Crippen molar-refractivity contribution in [1.29, 1.82) is 0 Å². The topological polar surface area (TPSA) is 41.6 Å². The molecular weight excluding hydrogens is 228 g/mol. The van der Waals surface area contributed by atoms with Gasteiger partial charge in [0.2, 0.25) is 5.91 Å². The van der Waals surface area contributed by atoms with Crippen LogP contribution in [0.4, 0.5) is 0 Å². The number of hydrogen-bond donors (Lipinski definition) is 1. The van der Waals surface area contributed by atoms with Crippen LogP contribution in [0.3, 0.4) is 0 Å². The lowest BCUT2D eigenvalue weighted by Crippen LogP contribution is -2.49. The molecule has 0 aromatic rings. The van der Waals surface area contributed by atoms with Crippen LogP contribution >= 0.6 is 0 Å². The van der Waals surface area contributed by atoms with Crippen molar-refractivity contribution in [1.82, 2.24) is 10.2 Å². The molecule has 2 heterocycles. The third-order valence-electron chi connectivity index (χ3n) is 4.36. The van der Waals surface area contributed by atoms with Gasteiger partial charge in [-0.25, -0.2) is 0 Å². The number of carbonyl (C=O) groups is 1. The number of rotatable bonds is 3. The van der Waals surface area contributed by atoms with Crippen LogP contribution in [0.15, 0.2) is 0 Å². The first-order chi connectivity index (χ1) is 8.52. The highest BCUT2D eigenvalue weighted by Gasteiger charge is 2.42. The van der Waals surface area contributed by atoms with Gasteiger partial charge in [0.05, 0.1) is 12.2 Å². The highest BCUT2D eigenvalue weighted by Crippen LogP contribution is 2.28. The Balaban J connectivity index is 2.10. The zero-order chi connectivity index (χ0) is 13.3. The molecule has 104 valence electrons. The van der Waals surface area contributed by atoms with Crippen LogP contribution in [-0.2, 0) is 9.53 Å². The van der Waals surface area contributed by atoms with Gasteiger partial charge >= 0.3 is 0 Å². The average molecular weight is 254 g/mol. The normalized spacial score (nSPS) is 32.3. The van der Waals surface area contributed by atoms with E-state index in [1.807, 2.05) is 6.92 Å². The largest absolute Gasteiger partial charge is 0.381 e. The van der Waals surface area contributed by atoms with E-state index >= 15 is 0 Å². The fourth-order valence-electron chi connectivity index (χ4n) is 3.16. The summed E-state index contributed by atoms with van der Waals surface area (Å²) in [5.74, 6) is 1.28. The zero-order valence-corrected chi connectivity index (χ0v) is 12.0. The summed E-state index contributed by atoms with van der Waals surface area (Å²) >= 11 is 0. The standard InChI is InChI=1S/C14H26N2O2/c1-9(2)13-15-10(3)14(17)16(13)11(4)12-5-7-18-8-6-12/h9-13,15H,5-8H2,1-4H3. The molecule has 0 aliphatic carbocycles. The molecule has 2 fully saturated rings. The Bertz CT molecular complexity index is 300. The molecule has 2 rings (SSSR count). The third kappa shape index (κ3) is 2.54. The van der Waals surface area contributed by atoms with Gasteiger partial charge in [0.25, 0.3) is 0 Å². The van der Waals surface area contributed by atoms with E-state index in [1.165, 1.54) is 0 Å². The monoisotopic (exact) mass is 254 g/mol.